The highest BCUT2D eigenvalue weighted by Crippen LogP contribution is 2.39. The van der Waals surface area contributed by atoms with E-state index in [9.17, 15) is 0 Å². The zero-order chi connectivity index (χ0) is 15.0. The van der Waals surface area contributed by atoms with E-state index in [1.54, 1.807) is 0 Å². The van der Waals surface area contributed by atoms with Crippen molar-refractivity contribution in [3.8, 4) is 0 Å². The number of nitrogens with two attached hydrogens (primary N) is 1. The Morgan fingerprint density at radius 1 is 0.950 bits per heavy atom. The summed E-state index contributed by atoms with van der Waals surface area (Å²) < 4.78 is 0. The number of hydrogen-bond acceptors (Lipinski definition) is 1. The summed E-state index contributed by atoms with van der Waals surface area (Å²) in [5.74, 6) is 0. The van der Waals surface area contributed by atoms with Crippen LogP contribution in [0, 0.1) is 5.41 Å². The van der Waals surface area contributed by atoms with Crippen molar-refractivity contribution in [2.45, 2.75) is 77.7 Å². The molecule has 0 aromatic heterocycles. The average molecular weight is 273 g/mol. The highest BCUT2D eigenvalue weighted by atomic mass is 14.8. The van der Waals surface area contributed by atoms with Crippen molar-refractivity contribution in [3.05, 3.63) is 35.4 Å². The molecule has 1 aromatic rings. The Kier molecular flexibility index (Phi) is 4.03. The van der Waals surface area contributed by atoms with Gasteiger partial charge in [-0.25, -0.2) is 0 Å². The van der Waals surface area contributed by atoms with E-state index in [4.69, 9.17) is 5.73 Å². The van der Waals surface area contributed by atoms with E-state index < -0.39 is 0 Å². The molecule has 2 rings (SSSR count). The standard InChI is InChI=1S/C19H31N/c1-17(2,3)14-18(4,5)15-8-10-16(11-9-15)19(20)12-6-7-13-19/h8-11H,6-7,12-14,20H2,1-5H3. The first-order chi connectivity index (χ1) is 9.12. The van der Waals surface area contributed by atoms with E-state index in [0.29, 0.717) is 5.41 Å². The van der Waals surface area contributed by atoms with Crippen molar-refractivity contribution < 1.29 is 0 Å². The molecule has 1 aliphatic carbocycles. The molecule has 0 unspecified atom stereocenters. The Bertz CT molecular complexity index is 442. The maximum Gasteiger partial charge on any atom is 0.0409 e. The lowest BCUT2D eigenvalue weighted by molar-refractivity contribution is 0.284. The molecule has 2 N–H and O–H groups in total. The monoisotopic (exact) mass is 273 g/mol. The number of benzene rings is 1. The van der Waals surface area contributed by atoms with Gasteiger partial charge in [-0.3, -0.25) is 0 Å². The molecule has 0 radical (unpaired) electrons. The van der Waals surface area contributed by atoms with Gasteiger partial charge in [-0.1, -0.05) is 71.7 Å². The highest BCUT2D eigenvalue weighted by Gasteiger charge is 2.32. The highest BCUT2D eigenvalue weighted by molar-refractivity contribution is 5.32. The zero-order valence-corrected chi connectivity index (χ0v) is 13.9. The van der Waals surface area contributed by atoms with Crippen LogP contribution in [-0.2, 0) is 11.0 Å². The molecular weight excluding hydrogens is 242 g/mol. The Balaban J connectivity index is 2.19. The van der Waals surface area contributed by atoms with Gasteiger partial charge < -0.3 is 5.73 Å². The summed E-state index contributed by atoms with van der Waals surface area (Å²) in [6, 6.07) is 9.14. The molecule has 0 aliphatic heterocycles. The third-order valence-corrected chi connectivity index (χ3v) is 4.71. The van der Waals surface area contributed by atoms with Crippen LogP contribution in [0.5, 0.6) is 0 Å². The molecule has 0 amide bonds. The second-order valence-electron chi connectivity index (χ2n) is 8.56. The largest absolute Gasteiger partial charge is 0.321 e. The molecular formula is C19H31N. The van der Waals surface area contributed by atoms with E-state index in [1.165, 1.54) is 30.4 Å². The van der Waals surface area contributed by atoms with E-state index in [2.05, 4.69) is 58.9 Å². The van der Waals surface area contributed by atoms with Gasteiger partial charge >= 0.3 is 0 Å². The minimum atomic E-state index is -0.0628. The molecule has 1 aliphatic rings. The molecule has 0 heterocycles. The predicted molar refractivity (Wildman–Crippen MR) is 87.9 cm³/mol. The quantitative estimate of drug-likeness (QED) is 0.812. The first-order valence-electron chi connectivity index (χ1n) is 8.02. The minimum absolute atomic E-state index is 0.0628. The van der Waals surface area contributed by atoms with Crippen LogP contribution in [0.3, 0.4) is 0 Å². The molecule has 0 atom stereocenters. The summed E-state index contributed by atoms with van der Waals surface area (Å²) >= 11 is 0. The molecule has 20 heavy (non-hydrogen) atoms. The van der Waals surface area contributed by atoms with Gasteiger partial charge in [0, 0.05) is 5.54 Å². The predicted octanol–water partition coefficient (Wildman–Crippen LogP) is 5.13. The van der Waals surface area contributed by atoms with Gasteiger partial charge in [0.15, 0.2) is 0 Å². The molecule has 1 aromatic carbocycles. The van der Waals surface area contributed by atoms with Gasteiger partial charge in [-0.05, 0) is 41.2 Å². The Hall–Kier alpha value is -0.820. The average Bonchev–Trinajstić information content (AvgIpc) is 2.75. The smallest absolute Gasteiger partial charge is 0.0409 e. The second kappa shape index (κ2) is 5.18. The van der Waals surface area contributed by atoms with Crippen molar-refractivity contribution in [2.75, 3.05) is 0 Å². The summed E-state index contributed by atoms with van der Waals surface area (Å²) in [5, 5.41) is 0. The molecule has 112 valence electrons. The SMILES string of the molecule is CC(C)(C)CC(C)(C)c1ccc(C2(N)CCCC2)cc1. The summed E-state index contributed by atoms with van der Waals surface area (Å²) in [5.41, 5.74) is 9.80. The van der Waals surface area contributed by atoms with Crippen molar-refractivity contribution in [1.82, 2.24) is 0 Å². The lowest BCUT2D eigenvalue weighted by Gasteiger charge is -2.33. The van der Waals surface area contributed by atoms with Crippen LogP contribution in [0.4, 0.5) is 0 Å². The fourth-order valence-electron chi connectivity index (χ4n) is 3.98. The molecule has 1 nitrogen and oxygen atoms in total. The topological polar surface area (TPSA) is 26.0 Å². The van der Waals surface area contributed by atoms with E-state index in [-0.39, 0.29) is 11.0 Å². The van der Waals surface area contributed by atoms with Crippen molar-refractivity contribution in [3.63, 3.8) is 0 Å². The maximum absolute atomic E-state index is 6.54. The Labute approximate surface area is 125 Å². The Morgan fingerprint density at radius 3 is 1.90 bits per heavy atom. The summed E-state index contributed by atoms with van der Waals surface area (Å²) in [7, 11) is 0. The third-order valence-electron chi connectivity index (χ3n) is 4.71. The molecule has 0 bridgehead atoms. The van der Waals surface area contributed by atoms with Gasteiger partial charge in [0.05, 0.1) is 0 Å². The van der Waals surface area contributed by atoms with Crippen LogP contribution in [-0.4, -0.2) is 0 Å². The molecule has 1 fully saturated rings. The molecule has 1 saturated carbocycles. The molecule has 1 heteroatoms. The molecule has 0 spiro atoms. The van der Waals surface area contributed by atoms with Crippen LogP contribution in [0.2, 0.25) is 0 Å². The normalized spacial score (nSPS) is 19.3. The van der Waals surface area contributed by atoms with Gasteiger partial charge in [-0.2, -0.15) is 0 Å². The number of hydrogen-bond donors (Lipinski definition) is 1. The van der Waals surface area contributed by atoms with Crippen molar-refractivity contribution in [1.29, 1.82) is 0 Å². The first kappa shape index (κ1) is 15.6. The van der Waals surface area contributed by atoms with Crippen LogP contribution < -0.4 is 5.73 Å². The van der Waals surface area contributed by atoms with Crippen LogP contribution in [0.1, 0.15) is 77.8 Å². The van der Waals surface area contributed by atoms with Gasteiger partial charge in [-0.15, -0.1) is 0 Å². The van der Waals surface area contributed by atoms with Gasteiger partial charge in [0.1, 0.15) is 0 Å². The van der Waals surface area contributed by atoms with Gasteiger partial charge in [0.2, 0.25) is 0 Å². The lowest BCUT2D eigenvalue weighted by Crippen LogP contribution is -2.33. The summed E-state index contributed by atoms with van der Waals surface area (Å²) in [4.78, 5) is 0. The van der Waals surface area contributed by atoms with Crippen LogP contribution >= 0.6 is 0 Å². The fraction of sp³-hybridized carbons (Fsp3) is 0.684. The lowest BCUT2D eigenvalue weighted by atomic mass is 9.72. The number of rotatable bonds is 3. The third kappa shape index (κ3) is 3.44. The van der Waals surface area contributed by atoms with E-state index in [0.717, 1.165) is 12.8 Å². The van der Waals surface area contributed by atoms with Gasteiger partial charge in [0.25, 0.3) is 0 Å². The Morgan fingerprint density at radius 2 is 1.45 bits per heavy atom. The summed E-state index contributed by atoms with van der Waals surface area (Å²) in [6.07, 6.45) is 6.00. The first-order valence-corrected chi connectivity index (χ1v) is 8.02. The van der Waals surface area contributed by atoms with Crippen LogP contribution in [0.25, 0.3) is 0 Å². The summed E-state index contributed by atoms with van der Waals surface area (Å²) in [6.45, 7) is 11.6. The van der Waals surface area contributed by atoms with Crippen molar-refractivity contribution in [2.24, 2.45) is 11.1 Å². The minimum Gasteiger partial charge on any atom is -0.321 e. The van der Waals surface area contributed by atoms with E-state index >= 15 is 0 Å². The van der Waals surface area contributed by atoms with Crippen molar-refractivity contribution >= 4 is 0 Å². The molecule has 0 saturated heterocycles. The fourth-order valence-corrected chi connectivity index (χ4v) is 3.98. The maximum atomic E-state index is 6.54. The second-order valence-corrected chi connectivity index (χ2v) is 8.56. The van der Waals surface area contributed by atoms with Crippen LogP contribution in [0.15, 0.2) is 24.3 Å². The van der Waals surface area contributed by atoms with E-state index in [1.807, 2.05) is 0 Å². The zero-order valence-electron chi connectivity index (χ0n) is 13.9.